The van der Waals surface area contributed by atoms with Crippen LogP contribution in [0, 0.1) is 13.8 Å². The maximum atomic E-state index is 13.3. The maximum absolute atomic E-state index is 13.3. The van der Waals surface area contributed by atoms with Crippen molar-refractivity contribution in [1.29, 1.82) is 0 Å². The number of aliphatic carboxylic acids is 1. The number of rotatable bonds is 7. The summed E-state index contributed by atoms with van der Waals surface area (Å²) in [6.45, 7) is 4.02. The van der Waals surface area contributed by atoms with E-state index >= 15 is 0 Å². The first-order valence-electron chi connectivity index (χ1n) is 12.6. The van der Waals surface area contributed by atoms with E-state index in [1.54, 1.807) is 7.11 Å². The lowest BCUT2D eigenvalue weighted by Gasteiger charge is -2.23. The van der Waals surface area contributed by atoms with Gasteiger partial charge in [0.25, 0.3) is 0 Å². The lowest BCUT2D eigenvalue weighted by atomic mass is 9.89. The van der Waals surface area contributed by atoms with Gasteiger partial charge in [-0.15, -0.1) is 0 Å². The number of pyridine rings is 1. The molecule has 0 saturated heterocycles. The molecule has 4 aromatic rings. The minimum Gasteiger partial charge on any atom is -0.496 e. The van der Waals surface area contributed by atoms with Crippen LogP contribution in [0.15, 0.2) is 77.9 Å². The Balaban J connectivity index is 1.69. The van der Waals surface area contributed by atoms with E-state index in [1.807, 2.05) is 49.4 Å². The molecular formula is C31H29N3O4. The Morgan fingerprint density at radius 3 is 2.39 bits per heavy atom. The van der Waals surface area contributed by atoms with Gasteiger partial charge in [-0.3, -0.25) is 14.6 Å². The molecule has 0 unspecified atom stereocenters. The van der Waals surface area contributed by atoms with E-state index in [1.165, 1.54) is 5.01 Å². The quantitative estimate of drug-likeness (QED) is 0.328. The summed E-state index contributed by atoms with van der Waals surface area (Å²) in [5.74, 6) is -0.717. The minimum absolute atomic E-state index is 0.141. The zero-order valence-corrected chi connectivity index (χ0v) is 21.6. The average molecular weight is 508 g/mol. The normalized spacial score (nSPS) is 15.0. The number of nitrogens with zero attached hydrogens (tertiary/aromatic N) is 3. The fraction of sp³-hybridized carbons (Fsp3) is 0.226. The van der Waals surface area contributed by atoms with Crippen LogP contribution in [0.2, 0.25) is 0 Å². The van der Waals surface area contributed by atoms with Crippen molar-refractivity contribution in [3.8, 4) is 16.9 Å². The summed E-state index contributed by atoms with van der Waals surface area (Å²) in [6, 6.07) is 23.5. The highest BCUT2D eigenvalue weighted by molar-refractivity contribution is 6.14. The van der Waals surface area contributed by atoms with Gasteiger partial charge in [0.05, 0.1) is 30.8 Å². The number of amides is 1. The second kappa shape index (κ2) is 10.5. The third-order valence-electron chi connectivity index (χ3n) is 6.92. The van der Waals surface area contributed by atoms with Gasteiger partial charge in [-0.2, -0.15) is 5.10 Å². The van der Waals surface area contributed by atoms with Crippen LogP contribution in [-0.2, 0) is 9.59 Å². The van der Waals surface area contributed by atoms with Crippen molar-refractivity contribution in [2.45, 2.75) is 39.2 Å². The van der Waals surface area contributed by atoms with Gasteiger partial charge < -0.3 is 9.84 Å². The molecule has 7 nitrogen and oxygen atoms in total. The predicted octanol–water partition coefficient (Wildman–Crippen LogP) is 6.07. The first kappa shape index (κ1) is 25.1. The standard InChI is InChI=1S/C31H29N3O4/c1-19-12-14-21(15-13-19)31-22-8-4-6-10-24(22)32-20(2)30(31)25-18-26(23-9-5-7-11-27(23)38-3)34(33-25)28(35)16-17-29(36)37/h4-15,26H,16-18H2,1-3H3,(H,36,37)/t26-/m1/s1. The molecule has 192 valence electrons. The van der Waals surface area contributed by atoms with Gasteiger partial charge in [0, 0.05) is 40.6 Å². The van der Waals surface area contributed by atoms with Crippen LogP contribution in [-0.4, -0.2) is 39.8 Å². The van der Waals surface area contributed by atoms with Crippen LogP contribution >= 0.6 is 0 Å². The molecule has 1 N–H and O–H groups in total. The molecular weight excluding hydrogens is 478 g/mol. The number of methoxy groups -OCH3 is 1. The highest BCUT2D eigenvalue weighted by atomic mass is 16.5. The number of aryl methyl sites for hydroxylation is 2. The van der Waals surface area contributed by atoms with Gasteiger partial charge in [0.15, 0.2) is 0 Å². The zero-order valence-electron chi connectivity index (χ0n) is 21.6. The number of hydrogen-bond donors (Lipinski definition) is 1. The first-order chi connectivity index (χ1) is 18.4. The van der Waals surface area contributed by atoms with E-state index < -0.39 is 12.0 Å². The molecule has 38 heavy (non-hydrogen) atoms. The van der Waals surface area contributed by atoms with Crippen molar-refractivity contribution >= 4 is 28.5 Å². The Bertz CT molecular complexity index is 1560. The van der Waals surface area contributed by atoms with Crippen LogP contribution in [0.1, 0.15) is 47.7 Å². The van der Waals surface area contributed by atoms with Crippen LogP contribution < -0.4 is 4.74 Å². The van der Waals surface area contributed by atoms with E-state index in [2.05, 4.69) is 37.3 Å². The number of para-hydroxylation sites is 2. The van der Waals surface area contributed by atoms with Crippen molar-refractivity contribution in [3.63, 3.8) is 0 Å². The van der Waals surface area contributed by atoms with Gasteiger partial charge in [-0.25, -0.2) is 5.01 Å². The number of carboxylic acid groups (broad SMARTS) is 1. The molecule has 5 rings (SSSR count). The Morgan fingerprint density at radius 2 is 1.66 bits per heavy atom. The Kier molecular flexibility index (Phi) is 6.92. The van der Waals surface area contributed by atoms with Crippen LogP contribution in [0.3, 0.4) is 0 Å². The van der Waals surface area contributed by atoms with Crippen molar-refractivity contribution in [2.24, 2.45) is 5.10 Å². The molecule has 0 aliphatic carbocycles. The second-order valence-electron chi connectivity index (χ2n) is 9.47. The van der Waals surface area contributed by atoms with Crippen LogP contribution in [0.4, 0.5) is 0 Å². The van der Waals surface area contributed by atoms with E-state index in [0.29, 0.717) is 12.2 Å². The second-order valence-corrected chi connectivity index (χ2v) is 9.47. The summed E-state index contributed by atoms with van der Waals surface area (Å²) in [5.41, 5.74) is 7.37. The van der Waals surface area contributed by atoms with Gasteiger partial charge in [0.2, 0.25) is 5.91 Å². The van der Waals surface area contributed by atoms with Crippen molar-refractivity contribution < 1.29 is 19.4 Å². The number of benzene rings is 3. The van der Waals surface area contributed by atoms with E-state index in [4.69, 9.17) is 14.8 Å². The number of carbonyl (C=O) groups is 2. The third-order valence-corrected chi connectivity index (χ3v) is 6.92. The number of aromatic nitrogens is 1. The summed E-state index contributed by atoms with van der Waals surface area (Å²) in [5, 5.41) is 16.5. The number of carbonyl (C=O) groups excluding carboxylic acids is 1. The molecule has 1 atom stereocenters. The lowest BCUT2D eigenvalue weighted by Crippen LogP contribution is -2.27. The van der Waals surface area contributed by atoms with Crippen molar-refractivity contribution in [1.82, 2.24) is 9.99 Å². The van der Waals surface area contributed by atoms with E-state index in [0.717, 1.165) is 50.1 Å². The monoisotopic (exact) mass is 507 g/mol. The van der Waals surface area contributed by atoms with Gasteiger partial charge in [0.1, 0.15) is 5.75 Å². The summed E-state index contributed by atoms with van der Waals surface area (Å²) >= 11 is 0. The van der Waals surface area contributed by atoms with Gasteiger partial charge in [-0.1, -0.05) is 66.2 Å². The topological polar surface area (TPSA) is 92.1 Å². The molecule has 0 bridgehead atoms. The number of ether oxygens (including phenoxy) is 1. The number of carboxylic acids is 1. The molecule has 7 heteroatoms. The van der Waals surface area contributed by atoms with Crippen LogP contribution in [0.25, 0.3) is 22.0 Å². The van der Waals surface area contributed by atoms with Crippen molar-refractivity contribution in [2.75, 3.05) is 7.11 Å². The molecule has 1 amide bonds. The molecule has 0 saturated carbocycles. The average Bonchev–Trinajstić information content (AvgIpc) is 3.36. The molecule has 0 fully saturated rings. The minimum atomic E-state index is -1.02. The smallest absolute Gasteiger partial charge is 0.303 e. The third kappa shape index (κ3) is 4.75. The summed E-state index contributed by atoms with van der Waals surface area (Å²) < 4.78 is 5.62. The molecule has 2 heterocycles. The largest absolute Gasteiger partial charge is 0.496 e. The molecule has 1 aliphatic heterocycles. The molecule has 0 spiro atoms. The van der Waals surface area contributed by atoms with E-state index in [9.17, 15) is 14.7 Å². The van der Waals surface area contributed by atoms with Gasteiger partial charge >= 0.3 is 5.97 Å². The Hall–Kier alpha value is -4.52. The maximum Gasteiger partial charge on any atom is 0.303 e. The highest BCUT2D eigenvalue weighted by Crippen LogP contribution is 2.41. The summed E-state index contributed by atoms with van der Waals surface area (Å²) in [6.07, 6.45) is 0.0421. The molecule has 1 aromatic heterocycles. The van der Waals surface area contributed by atoms with Crippen molar-refractivity contribution in [3.05, 3.63) is 95.2 Å². The Labute approximate surface area is 221 Å². The Morgan fingerprint density at radius 1 is 0.947 bits per heavy atom. The van der Waals surface area contributed by atoms with Gasteiger partial charge in [-0.05, 0) is 31.5 Å². The predicted molar refractivity (Wildman–Crippen MR) is 147 cm³/mol. The first-order valence-corrected chi connectivity index (χ1v) is 12.6. The number of fused-ring (bicyclic) bond motifs is 1. The summed E-state index contributed by atoms with van der Waals surface area (Å²) in [4.78, 5) is 29.4. The van der Waals surface area contributed by atoms with E-state index in [-0.39, 0.29) is 18.7 Å². The zero-order chi connectivity index (χ0) is 26.8. The highest BCUT2D eigenvalue weighted by Gasteiger charge is 2.36. The summed E-state index contributed by atoms with van der Waals surface area (Å²) in [7, 11) is 1.60. The lowest BCUT2D eigenvalue weighted by molar-refractivity contribution is -0.141. The fourth-order valence-corrected chi connectivity index (χ4v) is 5.11. The molecule has 3 aromatic carbocycles. The van der Waals surface area contributed by atoms with Crippen LogP contribution in [0.5, 0.6) is 5.75 Å². The number of hydrogen-bond acceptors (Lipinski definition) is 5. The molecule has 1 aliphatic rings. The number of hydrazone groups is 1. The SMILES string of the molecule is COc1ccccc1[C@H]1CC(c2c(C)nc3ccccc3c2-c2ccc(C)cc2)=NN1C(=O)CCC(=O)O. The fourth-order valence-electron chi connectivity index (χ4n) is 5.11. The molecule has 0 radical (unpaired) electrons.